The number of amides is 3. The van der Waals surface area contributed by atoms with E-state index in [1.165, 1.54) is 6.42 Å². The quantitative estimate of drug-likeness (QED) is 0.436. The fourth-order valence-corrected chi connectivity index (χ4v) is 7.13. The molecule has 4 atom stereocenters. The average molecular weight is 529 g/mol. The number of rotatable bonds is 7. The smallest absolute Gasteiger partial charge is 0.270 e. The number of aliphatic hydroxyl groups is 1. The molecule has 200 valence electrons. The molecule has 37 heavy (non-hydrogen) atoms. The summed E-state index contributed by atoms with van der Waals surface area (Å²) in [6, 6.07) is 6.88. The second-order valence-electron chi connectivity index (χ2n) is 11.4. The lowest BCUT2D eigenvalue weighted by molar-refractivity contribution is -0.129. The normalized spacial score (nSPS) is 25.2. The van der Waals surface area contributed by atoms with E-state index in [-0.39, 0.29) is 29.6 Å². The summed E-state index contributed by atoms with van der Waals surface area (Å²) in [5.41, 5.74) is 6.96. The van der Waals surface area contributed by atoms with Crippen LogP contribution >= 0.6 is 11.6 Å². The number of aromatic amines is 1. The van der Waals surface area contributed by atoms with E-state index in [9.17, 15) is 19.5 Å². The van der Waals surface area contributed by atoms with E-state index in [4.69, 9.17) is 17.3 Å². The third kappa shape index (κ3) is 5.36. The van der Waals surface area contributed by atoms with Crippen molar-refractivity contribution in [1.82, 2.24) is 15.2 Å². The number of nitrogens with two attached hydrogens (primary N) is 1. The molecule has 1 spiro atoms. The molecule has 0 bridgehead atoms. The van der Waals surface area contributed by atoms with Crippen molar-refractivity contribution >= 4 is 40.2 Å². The standard InChI is InChI=1S/C28H37ClN4O4/c29-20-7-4-8-21-19(20)14-22(32-21)27(37)33-16-28(9-2-1-3-10-28)15-23(33)24(34)13-18(25(30)35)12-17-6-5-11-31-26(17)36/h4,7-8,14,17-18,23-24,32,34H,1-3,5-6,9-13,15-16H2,(H2,30,35)(H,31,36)/t17-,18+,23?,24?/m0/s1. The van der Waals surface area contributed by atoms with Gasteiger partial charge in [0.05, 0.1) is 12.1 Å². The SMILES string of the molecule is NC(=O)[C@@H](CC(O)C1CC2(CCCCC2)CN1C(=O)c1cc2c(Cl)cccc2[nH]1)C[C@@H]1CCCNC1=O. The van der Waals surface area contributed by atoms with Crippen LogP contribution in [0.4, 0.5) is 0 Å². The number of halogens is 1. The highest BCUT2D eigenvalue weighted by molar-refractivity contribution is 6.35. The van der Waals surface area contributed by atoms with E-state index in [0.717, 1.165) is 43.0 Å². The van der Waals surface area contributed by atoms with E-state index >= 15 is 0 Å². The summed E-state index contributed by atoms with van der Waals surface area (Å²) in [6.07, 6.45) is 7.32. The number of hydrogen-bond acceptors (Lipinski definition) is 4. The lowest BCUT2D eigenvalue weighted by Gasteiger charge is -2.33. The molecule has 1 saturated carbocycles. The van der Waals surface area contributed by atoms with Crippen LogP contribution in [-0.4, -0.2) is 57.9 Å². The van der Waals surface area contributed by atoms with Gasteiger partial charge in [-0.3, -0.25) is 14.4 Å². The molecule has 0 radical (unpaired) electrons. The minimum atomic E-state index is -0.914. The molecule has 1 aromatic heterocycles. The van der Waals surface area contributed by atoms with Gasteiger partial charge in [0.1, 0.15) is 5.69 Å². The third-order valence-corrected chi connectivity index (χ3v) is 9.24. The van der Waals surface area contributed by atoms with Crippen LogP contribution in [0.2, 0.25) is 5.02 Å². The number of nitrogens with one attached hydrogen (secondary N) is 2. The van der Waals surface area contributed by atoms with E-state index < -0.39 is 24.0 Å². The van der Waals surface area contributed by atoms with E-state index in [1.54, 1.807) is 17.0 Å². The van der Waals surface area contributed by atoms with Crippen molar-refractivity contribution in [2.45, 2.75) is 76.4 Å². The van der Waals surface area contributed by atoms with Crippen LogP contribution in [0, 0.1) is 17.3 Å². The number of benzene rings is 1. The predicted molar refractivity (Wildman–Crippen MR) is 142 cm³/mol. The highest BCUT2D eigenvalue weighted by Gasteiger charge is 2.49. The number of piperidine rings is 1. The first-order valence-corrected chi connectivity index (χ1v) is 14.0. The van der Waals surface area contributed by atoms with E-state index in [2.05, 4.69) is 10.3 Å². The summed E-state index contributed by atoms with van der Waals surface area (Å²) < 4.78 is 0. The summed E-state index contributed by atoms with van der Waals surface area (Å²) in [5.74, 6) is -1.63. The summed E-state index contributed by atoms with van der Waals surface area (Å²) in [6.45, 7) is 1.24. The predicted octanol–water partition coefficient (Wildman–Crippen LogP) is 3.76. The molecule has 2 unspecified atom stereocenters. The molecule has 3 heterocycles. The summed E-state index contributed by atoms with van der Waals surface area (Å²) in [7, 11) is 0. The third-order valence-electron chi connectivity index (χ3n) is 8.91. The molecule has 3 aliphatic rings. The lowest BCUT2D eigenvalue weighted by Crippen LogP contribution is -2.45. The Bertz CT molecular complexity index is 1170. The molecule has 3 fully saturated rings. The molecule has 5 N–H and O–H groups in total. The minimum absolute atomic E-state index is 0.0192. The summed E-state index contributed by atoms with van der Waals surface area (Å²) >= 11 is 6.35. The number of carbonyl (C=O) groups excluding carboxylic acids is 3. The average Bonchev–Trinajstić information content (AvgIpc) is 3.48. The second-order valence-corrected chi connectivity index (χ2v) is 11.8. The van der Waals surface area contributed by atoms with Gasteiger partial charge in [0.2, 0.25) is 11.8 Å². The minimum Gasteiger partial charge on any atom is -0.391 e. The van der Waals surface area contributed by atoms with Crippen molar-refractivity contribution in [3.63, 3.8) is 0 Å². The fourth-order valence-electron chi connectivity index (χ4n) is 6.90. The van der Waals surface area contributed by atoms with Crippen LogP contribution in [-0.2, 0) is 9.59 Å². The van der Waals surface area contributed by atoms with Gasteiger partial charge in [-0.15, -0.1) is 0 Å². The first-order valence-electron chi connectivity index (χ1n) is 13.6. The van der Waals surface area contributed by atoms with Crippen molar-refractivity contribution in [2.75, 3.05) is 13.1 Å². The number of nitrogens with zero attached hydrogens (tertiary/aromatic N) is 1. The van der Waals surface area contributed by atoms with Crippen LogP contribution in [0.5, 0.6) is 0 Å². The molecular weight excluding hydrogens is 492 g/mol. The molecule has 2 aliphatic heterocycles. The largest absolute Gasteiger partial charge is 0.391 e. The Balaban J connectivity index is 1.38. The molecule has 1 aliphatic carbocycles. The maximum absolute atomic E-state index is 13.8. The lowest BCUT2D eigenvalue weighted by atomic mass is 9.72. The van der Waals surface area contributed by atoms with Gasteiger partial charge in [-0.2, -0.15) is 0 Å². The number of aliphatic hydroxyl groups excluding tert-OH is 1. The molecule has 1 aromatic carbocycles. The second kappa shape index (κ2) is 10.7. The number of fused-ring (bicyclic) bond motifs is 1. The van der Waals surface area contributed by atoms with Gasteiger partial charge in [0, 0.05) is 40.9 Å². The molecule has 8 nitrogen and oxygen atoms in total. The number of aromatic nitrogens is 1. The van der Waals surface area contributed by atoms with Crippen LogP contribution in [0.25, 0.3) is 10.9 Å². The van der Waals surface area contributed by atoms with Gasteiger partial charge >= 0.3 is 0 Å². The maximum Gasteiger partial charge on any atom is 0.270 e. The fraction of sp³-hybridized carbons (Fsp3) is 0.607. The van der Waals surface area contributed by atoms with Gasteiger partial charge in [-0.05, 0) is 68.6 Å². The molecule has 9 heteroatoms. The highest BCUT2D eigenvalue weighted by atomic mass is 35.5. The van der Waals surface area contributed by atoms with Crippen molar-refractivity contribution in [2.24, 2.45) is 23.0 Å². The van der Waals surface area contributed by atoms with Crippen LogP contribution in [0.1, 0.15) is 74.7 Å². The van der Waals surface area contributed by atoms with E-state index in [0.29, 0.717) is 43.1 Å². The summed E-state index contributed by atoms with van der Waals surface area (Å²) in [4.78, 5) is 43.5. The first kappa shape index (κ1) is 26.0. The number of carbonyl (C=O) groups is 3. The van der Waals surface area contributed by atoms with Crippen molar-refractivity contribution in [3.05, 3.63) is 35.0 Å². The van der Waals surface area contributed by atoms with Gasteiger partial charge in [-0.25, -0.2) is 0 Å². The molecular formula is C28H37ClN4O4. The Kier molecular flexibility index (Phi) is 7.50. The first-order chi connectivity index (χ1) is 17.8. The van der Waals surface area contributed by atoms with Crippen LogP contribution in [0.3, 0.4) is 0 Å². The topological polar surface area (TPSA) is 129 Å². The highest BCUT2D eigenvalue weighted by Crippen LogP contribution is 2.48. The van der Waals surface area contributed by atoms with Crippen molar-refractivity contribution < 1.29 is 19.5 Å². The Morgan fingerprint density at radius 3 is 2.70 bits per heavy atom. The van der Waals surface area contributed by atoms with Gasteiger partial charge in [0.25, 0.3) is 5.91 Å². The Labute approximate surface area is 222 Å². The van der Waals surface area contributed by atoms with Crippen LogP contribution < -0.4 is 11.1 Å². The molecule has 2 saturated heterocycles. The van der Waals surface area contributed by atoms with Crippen molar-refractivity contribution in [3.8, 4) is 0 Å². The zero-order valence-corrected chi connectivity index (χ0v) is 21.9. The Morgan fingerprint density at radius 1 is 1.22 bits per heavy atom. The van der Waals surface area contributed by atoms with Gasteiger partial charge in [0.15, 0.2) is 0 Å². The maximum atomic E-state index is 13.8. The van der Waals surface area contributed by atoms with Crippen LogP contribution in [0.15, 0.2) is 24.3 Å². The monoisotopic (exact) mass is 528 g/mol. The van der Waals surface area contributed by atoms with E-state index in [1.807, 2.05) is 12.1 Å². The number of likely N-dealkylation sites (tertiary alicyclic amines) is 1. The zero-order chi connectivity index (χ0) is 26.2. The summed E-state index contributed by atoms with van der Waals surface area (Å²) in [5, 5.41) is 15.7. The zero-order valence-electron chi connectivity index (χ0n) is 21.2. The number of primary amides is 1. The van der Waals surface area contributed by atoms with Crippen molar-refractivity contribution in [1.29, 1.82) is 0 Å². The Morgan fingerprint density at radius 2 is 2.00 bits per heavy atom. The molecule has 5 rings (SSSR count). The Hall–Kier alpha value is -2.58. The molecule has 3 amide bonds. The number of hydrogen-bond donors (Lipinski definition) is 4. The van der Waals surface area contributed by atoms with Gasteiger partial charge in [-0.1, -0.05) is 36.9 Å². The number of H-pyrrole nitrogens is 1. The van der Waals surface area contributed by atoms with Gasteiger partial charge < -0.3 is 26.0 Å². The molecule has 2 aromatic rings.